The molecule has 1 unspecified atom stereocenters. The summed E-state index contributed by atoms with van der Waals surface area (Å²) >= 11 is 7.38. The third kappa shape index (κ3) is 2.35. The molecule has 1 atom stereocenters. The lowest BCUT2D eigenvalue weighted by molar-refractivity contribution is 0.387. The van der Waals surface area contributed by atoms with E-state index >= 15 is 0 Å². The van der Waals surface area contributed by atoms with Crippen molar-refractivity contribution >= 4 is 35.0 Å². The molecule has 0 spiro atoms. The molecule has 20 heavy (non-hydrogen) atoms. The molecule has 1 aromatic heterocycles. The van der Waals surface area contributed by atoms with Crippen molar-refractivity contribution in [2.24, 2.45) is 0 Å². The monoisotopic (exact) mass is 312 g/mol. The summed E-state index contributed by atoms with van der Waals surface area (Å²) in [6, 6.07) is 3.17. The molecule has 1 fully saturated rings. The van der Waals surface area contributed by atoms with Gasteiger partial charge in [-0.15, -0.1) is 0 Å². The zero-order valence-corrected chi connectivity index (χ0v) is 13.2. The number of H-pyrrole nitrogens is 1. The number of nitrogens with one attached hydrogen (secondary N) is 1. The van der Waals surface area contributed by atoms with E-state index in [1.165, 1.54) is 31.8 Å². The second kappa shape index (κ2) is 5.07. The van der Waals surface area contributed by atoms with Gasteiger partial charge in [-0.05, 0) is 37.7 Å². The van der Waals surface area contributed by atoms with E-state index in [1.54, 1.807) is 6.07 Å². The highest BCUT2D eigenvalue weighted by molar-refractivity contribution is 8.00. The molecule has 3 nitrogen and oxygen atoms in total. The molecule has 2 aromatic rings. The van der Waals surface area contributed by atoms with E-state index in [1.807, 2.05) is 11.8 Å². The van der Waals surface area contributed by atoms with Crippen LogP contribution in [0.2, 0.25) is 0 Å². The van der Waals surface area contributed by atoms with E-state index in [2.05, 4.69) is 16.5 Å². The van der Waals surface area contributed by atoms with Gasteiger partial charge < -0.3 is 14.3 Å². The van der Waals surface area contributed by atoms with Gasteiger partial charge in [-0.2, -0.15) is 11.8 Å². The molecule has 0 radical (unpaired) electrons. The Hall–Kier alpha value is -1.01. The van der Waals surface area contributed by atoms with Gasteiger partial charge in [0.1, 0.15) is 0 Å². The number of hydrogen-bond donors (Lipinski definition) is 1. The van der Waals surface area contributed by atoms with Crippen molar-refractivity contribution in [3.8, 4) is 5.75 Å². The quantitative estimate of drug-likeness (QED) is 0.864. The predicted octanol–water partition coefficient (Wildman–Crippen LogP) is 4.13. The van der Waals surface area contributed by atoms with Crippen LogP contribution in [0.3, 0.4) is 0 Å². The van der Waals surface area contributed by atoms with Crippen LogP contribution >= 0.6 is 24.0 Å². The Balaban J connectivity index is 2.10. The van der Waals surface area contributed by atoms with Gasteiger partial charge in [-0.25, -0.2) is 4.39 Å². The number of aromatic nitrogens is 2. The summed E-state index contributed by atoms with van der Waals surface area (Å²) < 4.78 is 21.7. The number of fused-ring (bicyclic) bond motifs is 1. The predicted molar refractivity (Wildman–Crippen MR) is 83.7 cm³/mol. The first-order valence-corrected chi connectivity index (χ1v) is 8.02. The first kappa shape index (κ1) is 13.9. The Morgan fingerprint density at radius 1 is 1.55 bits per heavy atom. The Morgan fingerprint density at radius 2 is 2.35 bits per heavy atom. The first-order valence-electron chi connectivity index (χ1n) is 6.62. The highest BCUT2D eigenvalue weighted by atomic mass is 32.2. The van der Waals surface area contributed by atoms with Crippen LogP contribution in [0.5, 0.6) is 5.75 Å². The Labute approximate surface area is 126 Å². The lowest BCUT2D eigenvalue weighted by Gasteiger charge is -2.23. The highest BCUT2D eigenvalue weighted by Gasteiger charge is 2.30. The number of imidazole rings is 1. The van der Waals surface area contributed by atoms with Gasteiger partial charge in [0, 0.05) is 23.4 Å². The van der Waals surface area contributed by atoms with Crippen molar-refractivity contribution < 1.29 is 9.13 Å². The molecule has 108 valence electrons. The number of methoxy groups -OCH3 is 1. The van der Waals surface area contributed by atoms with Crippen LogP contribution in [0.25, 0.3) is 11.0 Å². The minimum absolute atomic E-state index is 0.203. The third-order valence-electron chi connectivity index (χ3n) is 3.84. The zero-order valence-electron chi connectivity index (χ0n) is 11.5. The lowest BCUT2D eigenvalue weighted by Crippen LogP contribution is -2.23. The number of benzene rings is 1. The van der Waals surface area contributed by atoms with Crippen LogP contribution in [0.15, 0.2) is 12.1 Å². The van der Waals surface area contributed by atoms with Gasteiger partial charge in [0.25, 0.3) is 0 Å². The lowest BCUT2D eigenvalue weighted by atomic mass is 10.1. The zero-order chi connectivity index (χ0) is 14.3. The van der Waals surface area contributed by atoms with Gasteiger partial charge in [0.05, 0.1) is 18.1 Å². The molecule has 0 aliphatic carbocycles. The molecule has 1 saturated heterocycles. The van der Waals surface area contributed by atoms with E-state index < -0.39 is 0 Å². The van der Waals surface area contributed by atoms with Crippen molar-refractivity contribution in [3.63, 3.8) is 0 Å². The molecule has 6 heteroatoms. The van der Waals surface area contributed by atoms with Gasteiger partial charge in [-0.1, -0.05) is 0 Å². The van der Waals surface area contributed by atoms with Crippen molar-refractivity contribution in [3.05, 3.63) is 22.7 Å². The maximum Gasteiger partial charge on any atom is 0.178 e. The van der Waals surface area contributed by atoms with Crippen LogP contribution in [-0.4, -0.2) is 27.2 Å². The van der Waals surface area contributed by atoms with E-state index in [4.69, 9.17) is 17.0 Å². The fourth-order valence-electron chi connectivity index (χ4n) is 2.77. The van der Waals surface area contributed by atoms with Crippen molar-refractivity contribution in [1.82, 2.24) is 9.55 Å². The summed E-state index contributed by atoms with van der Waals surface area (Å²) in [5.41, 5.74) is 1.63. The molecule has 1 aromatic carbocycles. The Bertz CT molecular complexity index is 701. The van der Waals surface area contributed by atoms with Gasteiger partial charge in [-0.3, -0.25) is 0 Å². The van der Waals surface area contributed by atoms with E-state index in [0.29, 0.717) is 4.77 Å². The second-order valence-corrected chi connectivity index (χ2v) is 7.49. The number of thioether (sulfide) groups is 1. The van der Waals surface area contributed by atoms with Gasteiger partial charge in [0.15, 0.2) is 16.3 Å². The average molecular weight is 312 g/mol. The fraction of sp³-hybridized carbons (Fsp3) is 0.500. The minimum atomic E-state index is -0.371. The van der Waals surface area contributed by atoms with E-state index in [0.717, 1.165) is 17.6 Å². The summed E-state index contributed by atoms with van der Waals surface area (Å²) in [5, 5.41) is 0. The average Bonchev–Trinajstić information content (AvgIpc) is 2.94. The van der Waals surface area contributed by atoms with Gasteiger partial charge in [0.2, 0.25) is 0 Å². The topological polar surface area (TPSA) is 29.9 Å². The molecule has 3 rings (SSSR count). The summed E-state index contributed by atoms with van der Waals surface area (Å²) in [6.07, 6.45) is 2.43. The summed E-state index contributed by atoms with van der Waals surface area (Å²) in [4.78, 5) is 3.08. The second-order valence-electron chi connectivity index (χ2n) is 5.42. The van der Waals surface area contributed by atoms with Crippen LogP contribution in [0.1, 0.15) is 19.8 Å². The van der Waals surface area contributed by atoms with Crippen LogP contribution in [-0.2, 0) is 6.54 Å². The summed E-state index contributed by atoms with van der Waals surface area (Å²) in [6.45, 7) is 3.11. The van der Waals surface area contributed by atoms with Crippen molar-refractivity contribution in [2.75, 3.05) is 12.9 Å². The number of rotatable bonds is 3. The Kier molecular flexibility index (Phi) is 3.54. The smallest absolute Gasteiger partial charge is 0.178 e. The standard InChI is InChI=1S/C14H17FN2OS2/c1-14(4-3-5-20-14)8-17-11-7-12(18-2)9(15)6-10(11)16-13(17)19/h6-7H,3-5,8H2,1-2H3,(H,16,19). The molecule has 1 aliphatic heterocycles. The molecule has 2 heterocycles. The fourth-order valence-corrected chi connectivity index (χ4v) is 4.33. The Morgan fingerprint density at radius 3 is 3.00 bits per heavy atom. The van der Waals surface area contributed by atoms with E-state index in [-0.39, 0.29) is 16.3 Å². The highest BCUT2D eigenvalue weighted by Crippen LogP contribution is 2.40. The molecular weight excluding hydrogens is 295 g/mol. The molecule has 0 saturated carbocycles. The van der Waals surface area contributed by atoms with E-state index in [9.17, 15) is 4.39 Å². The van der Waals surface area contributed by atoms with Crippen LogP contribution in [0.4, 0.5) is 4.39 Å². The molecule has 0 bridgehead atoms. The number of aromatic amines is 1. The molecular formula is C14H17FN2OS2. The SMILES string of the molecule is COc1cc2c(cc1F)[nH]c(=S)n2CC1(C)CCCS1. The summed E-state index contributed by atoms with van der Waals surface area (Å²) in [7, 11) is 1.48. The maximum atomic E-state index is 13.7. The molecule has 1 aliphatic rings. The van der Waals surface area contributed by atoms with Crippen LogP contribution < -0.4 is 4.74 Å². The normalized spacial score (nSPS) is 22.6. The first-order chi connectivity index (χ1) is 9.52. The maximum absolute atomic E-state index is 13.7. The molecule has 1 N–H and O–H groups in total. The van der Waals surface area contributed by atoms with Crippen molar-refractivity contribution in [2.45, 2.75) is 31.1 Å². The third-order valence-corrected chi connectivity index (χ3v) is 5.69. The number of nitrogens with zero attached hydrogens (tertiary/aromatic N) is 1. The van der Waals surface area contributed by atoms with Crippen LogP contribution in [0, 0.1) is 10.6 Å². The minimum Gasteiger partial charge on any atom is -0.494 e. The number of halogens is 1. The van der Waals surface area contributed by atoms with Crippen molar-refractivity contribution in [1.29, 1.82) is 0 Å². The van der Waals surface area contributed by atoms with Gasteiger partial charge >= 0.3 is 0 Å². The summed E-state index contributed by atoms with van der Waals surface area (Å²) in [5.74, 6) is 1.08. The largest absolute Gasteiger partial charge is 0.494 e. The molecule has 0 amide bonds. The number of hydrogen-bond acceptors (Lipinski definition) is 3. The number of ether oxygens (including phenoxy) is 1.